The second-order valence-corrected chi connectivity index (χ2v) is 8.11. The van der Waals surface area contributed by atoms with Gasteiger partial charge in [0, 0.05) is 31.7 Å². The summed E-state index contributed by atoms with van der Waals surface area (Å²) in [5.74, 6) is 0.888. The molecule has 2 aliphatic rings. The zero-order chi connectivity index (χ0) is 20.6. The van der Waals surface area contributed by atoms with Crippen LogP contribution in [-0.2, 0) is 12.1 Å². The van der Waals surface area contributed by atoms with Gasteiger partial charge >= 0.3 is 6.61 Å². The fraction of sp³-hybridized carbons (Fsp3) is 0.500. The maximum atomic E-state index is 12.5. The van der Waals surface area contributed by atoms with Crippen molar-refractivity contribution in [2.75, 3.05) is 20.2 Å². The third-order valence-corrected chi connectivity index (χ3v) is 6.23. The van der Waals surface area contributed by atoms with Gasteiger partial charge in [-0.1, -0.05) is 12.1 Å². The lowest BCUT2D eigenvalue weighted by atomic mass is 9.85. The van der Waals surface area contributed by atoms with Gasteiger partial charge in [-0.05, 0) is 55.0 Å². The number of ether oxygens (including phenoxy) is 2. The number of fused-ring (bicyclic) bond motifs is 1. The number of aliphatic hydroxyl groups is 1. The summed E-state index contributed by atoms with van der Waals surface area (Å²) in [7, 11) is 1.44. The van der Waals surface area contributed by atoms with Gasteiger partial charge < -0.3 is 14.6 Å². The summed E-state index contributed by atoms with van der Waals surface area (Å²) in [6.45, 7) is 1.43. The van der Waals surface area contributed by atoms with Gasteiger partial charge in [0.05, 0.1) is 12.8 Å². The number of aromatic nitrogens is 1. The largest absolute Gasteiger partial charge is 0.493 e. The van der Waals surface area contributed by atoms with Crippen LogP contribution in [0.5, 0.6) is 11.5 Å². The van der Waals surface area contributed by atoms with Crippen LogP contribution < -0.4 is 9.47 Å². The predicted molar refractivity (Wildman–Crippen MR) is 104 cm³/mol. The molecule has 1 saturated carbocycles. The van der Waals surface area contributed by atoms with E-state index in [0.29, 0.717) is 18.2 Å². The van der Waals surface area contributed by atoms with Crippen molar-refractivity contribution in [3.05, 3.63) is 53.3 Å². The van der Waals surface area contributed by atoms with Crippen LogP contribution in [-0.4, -0.2) is 41.8 Å². The topological polar surface area (TPSA) is 54.8 Å². The number of alkyl halides is 2. The van der Waals surface area contributed by atoms with Crippen LogP contribution >= 0.6 is 0 Å². The summed E-state index contributed by atoms with van der Waals surface area (Å²) in [6.07, 6.45) is 3.51. The van der Waals surface area contributed by atoms with Gasteiger partial charge in [-0.2, -0.15) is 8.78 Å². The third-order valence-electron chi connectivity index (χ3n) is 6.23. The highest BCUT2D eigenvalue weighted by atomic mass is 19.3. The normalized spacial score (nSPS) is 26.7. The first-order valence-electron chi connectivity index (χ1n) is 9.88. The molecule has 1 aromatic carbocycles. The molecule has 1 saturated heterocycles. The maximum absolute atomic E-state index is 12.5. The molecule has 2 heterocycles. The number of hydrogen-bond acceptors (Lipinski definition) is 5. The minimum Gasteiger partial charge on any atom is -0.493 e. The highest BCUT2D eigenvalue weighted by molar-refractivity contribution is 5.43. The fourth-order valence-electron chi connectivity index (χ4n) is 4.82. The summed E-state index contributed by atoms with van der Waals surface area (Å²) < 4.78 is 34.7. The molecule has 4 rings (SSSR count). The molecule has 1 aliphatic carbocycles. The number of likely N-dealkylation sites (tertiary alicyclic amines) is 1. The molecule has 7 heteroatoms. The lowest BCUT2D eigenvalue weighted by molar-refractivity contribution is -0.0512. The zero-order valence-electron chi connectivity index (χ0n) is 16.6. The average molecular weight is 404 g/mol. The molecule has 1 aromatic heterocycles. The van der Waals surface area contributed by atoms with Crippen LogP contribution in [0.4, 0.5) is 8.78 Å². The van der Waals surface area contributed by atoms with E-state index in [0.717, 1.165) is 42.8 Å². The van der Waals surface area contributed by atoms with E-state index in [9.17, 15) is 13.9 Å². The van der Waals surface area contributed by atoms with Gasteiger partial charge in [-0.3, -0.25) is 9.88 Å². The average Bonchev–Trinajstić information content (AvgIpc) is 3.23. The first kappa shape index (κ1) is 20.0. The second kappa shape index (κ2) is 7.88. The minimum atomic E-state index is -2.89. The van der Waals surface area contributed by atoms with Crippen molar-refractivity contribution in [3.63, 3.8) is 0 Å². The number of hydrogen-bond donors (Lipinski definition) is 1. The van der Waals surface area contributed by atoms with Crippen molar-refractivity contribution < 1.29 is 23.4 Å². The van der Waals surface area contributed by atoms with Crippen molar-refractivity contribution in [3.8, 4) is 11.5 Å². The molecule has 2 aromatic rings. The lowest BCUT2D eigenvalue weighted by Gasteiger charge is -2.30. The SMILES string of the molecule is COc1cc(CN2C[C@@H]3CC[C@@](O)(c4ccc(C)cn4)[C@@H]3C2)ccc1OC(F)F. The van der Waals surface area contributed by atoms with Crippen LogP contribution in [0, 0.1) is 18.8 Å². The Hall–Kier alpha value is -2.25. The van der Waals surface area contributed by atoms with Gasteiger partial charge in [-0.25, -0.2) is 0 Å². The summed E-state index contributed by atoms with van der Waals surface area (Å²) in [6, 6.07) is 8.97. The van der Waals surface area contributed by atoms with Crippen LogP contribution in [0.25, 0.3) is 0 Å². The molecule has 1 aliphatic heterocycles. The fourth-order valence-corrected chi connectivity index (χ4v) is 4.82. The molecule has 0 spiro atoms. The van der Waals surface area contributed by atoms with Gasteiger partial charge in [0.2, 0.25) is 0 Å². The second-order valence-electron chi connectivity index (χ2n) is 8.11. The van der Waals surface area contributed by atoms with Crippen molar-refractivity contribution >= 4 is 0 Å². The molecule has 29 heavy (non-hydrogen) atoms. The highest BCUT2D eigenvalue weighted by Gasteiger charge is 2.53. The molecular formula is C22H26F2N2O3. The van der Waals surface area contributed by atoms with E-state index in [1.165, 1.54) is 13.2 Å². The Morgan fingerprint density at radius 2 is 2.07 bits per heavy atom. The minimum absolute atomic E-state index is 0.0318. The molecule has 0 bridgehead atoms. The Labute approximate surface area is 169 Å². The van der Waals surface area contributed by atoms with E-state index >= 15 is 0 Å². The first-order valence-corrected chi connectivity index (χ1v) is 9.88. The molecule has 5 nitrogen and oxygen atoms in total. The molecule has 0 unspecified atom stereocenters. The summed E-state index contributed by atoms with van der Waals surface area (Å²) in [4.78, 5) is 6.80. The van der Waals surface area contributed by atoms with Crippen LogP contribution in [0.1, 0.15) is 29.7 Å². The number of pyridine rings is 1. The van der Waals surface area contributed by atoms with Crippen LogP contribution in [0.3, 0.4) is 0 Å². The van der Waals surface area contributed by atoms with E-state index in [4.69, 9.17) is 4.74 Å². The van der Waals surface area contributed by atoms with Gasteiger partial charge in [0.15, 0.2) is 11.5 Å². The van der Waals surface area contributed by atoms with Crippen molar-refractivity contribution in [1.82, 2.24) is 9.88 Å². The van der Waals surface area contributed by atoms with E-state index < -0.39 is 12.2 Å². The number of rotatable bonds is 6. The van der Waals surface area contributed by atoms with Crippen molar-refractivity contribution in [2.24, 2.45) is 11.8 Å². The number of aryl methyl sites for hydroxylation is 1. The summed E-state index contributed by atoms with van der Waals surface area (Å²) in [5, 5.41) is 11.4. The molecule has 0 radical (unpaired) electrons. The monoisotopic (exact) mass is 404 g/mol. The molecule has 2 fully saturated rings. The predicted octanol–water partition coefficient (Wildman–Crippen LogP) is 3.73. The van der Waals surface area contributed by atoms with E-state index in [1.807, 2.05) is 25.3 Å². The summed E-state index contributed by atoms with van der Waals surface area (Å²) >= 11 is 0. The van der Waals surface area contributed by atoms with Crippen LogP contribution in [0.15, 0.2) is 36.5 Å². The number of nitrogens with zero attached hydrogens (tertiary/aromatic N) is 2. The smallest absolute Gasteiger partial charge is 0.387 e. The molecule has 0 amide bonds. The van der Waals surface area contributed by atoms with Gasteiger partial charge in [0.25, 0.3) is 0 Å². The Kier molecular flexibility index (Phi) is 5.44. The lowest BCUT2D eigenvalue weighted by Crippen LogP contribution is -2.35. The Morgan fingerprint density at radius 3 is 2.76 bits per heavy atom. The molecule has 156 valence electrons. The Bertz CT molecular complexity index is 862. The highest BCUT2D eigenvalue weighted by Crippen LogP contribution is 2.50. The van der Waals surface area contributed by atoms with E-state index in [1.54, 1.807) is 12.1 Å². The van der Waals surface area contributed by atoms with Gasteiger partial charge in [-0.15, -0.1) is 0 Å². The first-order chi connectivity index (χ1) is 13.9. The Balaban J connectivity index is 1.47. The number of methoxy groups -OCH3 is 1. The standard InChI is InChI=1S/C22H26F2N2O3/c1-14-3-6-20(25-10-14)22(27)8-7-16-12-26(13-17(16)22)11-15-4-5-18(29-21(23)24)19(9-15)28-2/h3-6,9-10,16-17,21,27H,7-8,11-13H2,1-2H3/t16-,17+,22-/m0/s1. The molecule has 1 N–H and O–H groups in total. The maximum Gasteiger partial charge on any atom is 0.387 e. The van der Waals surface area contributed by atoms with E-state index in [2.05, 4.69) is 14.6 Å². The van der Waals surface area contributed by atoms with Crippen molar-refractivity contribution in [1.29, 1.82) is 0 Å². The quantitative estimate of drug-likeness (QED) is 0.795. The van der Waals surface area contributed by atoms with E-state index in [-0.39, 0.29) is 11.7 Å². The summed E-state index contributed by atoms with van der Waals surface area (Å²) in [5.41, 5.74) is 1.90. The van der Waals surface area contributed by atoms with Crippen LogP contribution in [0.2, 0.25) is 0 Å². The zero-order valence-corrected chi connectivity index (χ0v) is 16.6. The number of benzene rings is 1. The van der Waals surface area contributed by atoms with Gasteiger partial charge in [0.1, 0.15) is 5.60 Å². The third kappa shape index (κ3) is 3.94. The number of halogens is 2. The Morgan fingerprint density at radius 1 is 1.24 bits per heavy atom. The molecule has 3 atom stereocenters. The van der Waals surface area contributed by atoms with Crippen molar-refractivity contribution in [2.45, 2.75) is 38.5 Å². The molecular weight excluding hydrogens is 378 g/mol.